The van der Waals surface area contributed by atoms with Crippen LogP contribution in [0.15, 0.2) is 66.9 Å². The number of benzene rings is 1. The van der Waals surface area contributed by atoms with Gasteiger partial charge in [-0.15, -0.1) is 0 Å². The van der Waals surface area contributed by atoms with E-state index in [-0.39, 0.29) is 5.54 Å². The van der Waals surface area contributed by atoms with E-state index in [1.807, 2.05) is 12.3 Å². The van der Waals surface area contributed by atoms with Crippen molar-refractivity contribution in [1.29, 1.82) is 0 Å². The van der Waals surface area contributed by atoms with Crippen LogP contribution in [0.3, 0.4) is 0 Å². The van der Waals surface area contributed by atoms with Gasteiger partial charge in [-0.05, 0) is 85.7 Å². The van der Waals surface area contributed by atoms with Crippen molar-refractivity contribution in [2.75, 3.05) is 6.54 Å². The molecule has 0 spiro atoms. The first-order valence-electron chi connectivity index (χ1n) is 11.9. The highest BCUT2D eigenvalue weighted by Crippen LogP contribution is 2.59. The number of rotatable bonds is 3. The molecule has 1 saturated heterocycles. The van der Waals surface area contributed by atoms with Crippen molar-refractivity contribution in [3.8, 4) is 11.4 Å². The van der Waals surface area contributed by atoms with E-state index in [0.717, 1.165) is 42.1 Å². The van der Waals surface area contributed by atoms with Crippen LogP contribution in [0.4, 0.5) is 0 Å². The summed E-state index contributed by atoms with van der Waals surface area (Å²) in [7, 11) is 0. The second-order valence-corrected chi connectivity index (χ2v) is 10.00. The van der Waals surface area contributed by atoms with Crippen LogP contribution in [-0.4, -0.2) is 21.4 Å². The van der Waals surface area contributed by atoms with E-state index in [1.165, 1.54) is 49.0 Å². The summed E-state index contributed by atoms with van der Waals surface area (Å²) >= 11 is 0. The number of likely N-dealkylation sites (tertiary alicyclic amines) is 1. The van der Waals surface area contributed by atoms with E-state index >= 15 is 0 Å². The number of aromatic nitrogens is 2. The van der Waals surface area contributed by atoms with Crippen molar-refractivity contribution in [3.05, 3.63) is 83.7 Å². The summed E-state index contributed by atoms with van der Waals surface area (Å²) in [6, 6.07) is 21.8. The third kappa shape index (κ3) is 3.13. The smallest absolute Gasteiger partial charge is 0.0889 e. The Kier molecular flexibility index (Phi) is 4.68. The molecule has 0 radical (unpaired) electrons. The molecule has 31 heavy (non-hydrogen) atoms. The van der Waals surface area contributed by atoms with Crippen LogP contribution in [0.2, 0.25) is 0 Å². The van der Waals surface area contributed by atoms with Crippen molar-refractivity contribution in [2.45, 2.75) is 51.1 Å². The van der Waals surface area contributed by atoms with E-state index < -0.39 is 0 Å². The molecule has 3 aliphatic rings. The largest absolute Gasteiger partial charge is 0.289 e. The molecule has 3 heteroatoms. The van der Waals surface area contributed by atoms with Crippen LogP contribution < -0.4 is 0 Å². The molecule has 2 aliphatic carbocycles. The van der Waals surface area contributed by atoms with Crippen LogP contribution in [-0.2, 0) is 18.5 Å². The van der Waals surface area contributed by atoms with E-state index in [9.17, 15) is 0 Å². The van der Waals surface area contributed by atoms with Crippen molar-refractivity contribution in [3.63, 3.8) is 0 Å². The number of hydrogen-bond donors (Lipinski definition) is 0. The van der Waals surface area contributed by atoms with Gasteiger partial charge in [-0.1, -0.05) is 49.4 Å². The van der Waals surface area contributed by atoms with Crippen molar-refractivity contribution in [1.82, 2.24) is 14.9 Å². The van der Waals surface area contributed by atoms with Gasteiger partial charge in [-0.2, -0.15) is 0 Å². The highest BCUT2D eigenvalue weighted by molar-refractivity contribution is 5.55. The summed E-state index contributed by atoms with van der Waals surface area (Å²) in [4.78, 5) is 12.6. The molecule has 0 amide bonds. The second-order valence-electron chi connectivity index (χ2n) is 10.00. The summed E-state index contributed by atoms with van der Waals surface area (Å²) in [6.07, 6.45) is 8.29. The van der Waals surface area contributed by atoms with Crippen LogP contribution in [0.5, 0.6) is 0 Å². The van der Waals surface area contributed by atoms with Gasteiger partial charge in [0.1, 0.15) is 0 Å². The summed E-state index contributed by atoms with van der Waals surface area (Å²) in [6.45, 7) is 4.70. The Labute approximate surface area is 185 Å². The Morgan fingerprint density at radius 1 is 1.00 bits per heavy atom. The Bertz CT molecular complexity index is 1060. The van der Waals surface area contributed by atoms with E-state index in [0.29, 0.717) is 0 Å². The van der Waals surface area contributed by atoms with Gasteiger partial charge in [0.25, 0.3) is 0 Å². The van der Waals surface area contributed by atoms with Gasteiger partial charge in [0.15, 0.2) is 0 Å². The molecule has 6 rings (SSSR count). The van der Waals surface area contributed by atoms with Gasteiger partial charge in [0.05, 0.1) is 16.9 Å². The molecule has 0 unspecified atom stereocenters. The van der Waals surface area contributed by atoms with Crippen molar-refractivity contribution in [2.24, 2.45) is 17.8 Å². The predicted molar refractivity (Wildman–Crippen MR) is 124 cm³/mol. The lowest BCUT2D eigenvalue weighted by Crippen LogP contribution is -2.61. The van der Waals surface area contributed by atoms with Gasteiger partial charge in [-0.3, -0.25) is 14.9 Å². The molecule has 2 aromatic heterocycles. The monoisotopic (exact) mass is 409 g/mol. The molecule has 3 heterocycles. The maximum atomic E-state index is 5.23. The van der Waals surface area contributed by atoms with Crippen LogP contribution >= 0.6 is 0 Å². The molecule has 4 atom stereocenters. The Hall–Kier alpha value is -2.52. The number of piperidine rings is 1. The topological polar surface area (TPSA) is 29.0 Å². The normalized spacial score (nSPS) is 29.8. The number of fused-ring (bicyclic) bond motifs is 1. The third-order valence-electron chi connectivity index (χ3n) is 8.09. The first kappa shape index (κ1) is 19.2. The second kappa shape index (κ2) is 7.56. The zero-order valence-corrected chi connectivity index (χ0v) is 18.4. The van der Waals surface area contributed by atoms with Crippen molar-refractivity contribution >= 4 is 0 Å². The zero-order valence-electron chi connectivity index (χ0n) is 18.4. The number of hydrogen-bond acceptors (Lipinski definition) is 3. The Balaban J connectivity index is 1.47. The zero-order chi connectivity index (χ0) is 20.8. The lowest BCUT2D eigenvalue weighted by atomic mass is 9.53. The maximum Gasteiger partial charge on any atom is 0.0889 e. The summed E-state index contributed by atoms with van der Waals surface area (Å²) < 4.78 is 0. The van der Waals surface area contributed by atoms with Crippen LogP contribution in [0, 0.1) is 17.8 Å². The average Bonchev–Trinajstić information content (AvgIpc) is 2.80. The molecule has 1 saturated carbocycles. The highest BCUT2D eigenvalue weighted by atomic mass is 15.2. The van der Waals surface area contributed by atoms with Crippen LogP contribution in [0.25, 0.3) is 11.4 Å². The number of pyridine rings is 2. The highest BCUT2D eigenvalue weighted by Gasteiger charge is 2.57. The number of nitrogens with zero attached hydrogens (tertiary/aromatic N) is 3. The molecule has 0 N–H and O–H groups in total. The lowest BCUT2D eigenvalue weighted by Gasteiger charge is -2.61. The molecular weight excluding hydrogens is 378 g/mol. The van der Waals surface area contributed by atoms with Gasteiger partial charge in [-0.25, -0.2) is 0 Å². The molecule has 158 valence electrons. The Morgan fingerprint density at radius 2 is 1.87 bits per heavy atom. The van der Waals surface area contributed by atoms with E-state index in [2.05, 4.69) is 71.4 Å². The fourth-order valence-corrected chi connectivity index (χ4v) is 7.06. The van der Waals surface area contributed by atoms with Gasteiger partial charge in [0.2, 0.25) is 0 Å². The summed E-state index contributed by atoms with van der Waals surface area (Å²) in [5.41, 5.74) is 6.41. The minimum absolute atomic E-state index is 0.139. The average molecular weight is 410 g/mol. The van der Waals surface area contributed by atoms with E-state index in [1.54, 1.807) is 0 Å². The van der Waals surface area contributed by atoms with E-state index in [4.69, 9.17) is 4.98 Å². The molecule has 2 bridgehead atoms. The lowest BCUT2D eigenvalue weighted by molar-refractivity contribution is -0.0967. The molecular formula is C28H31N3. The van der Waals surface area contributed by atoms with Gasteiger partial charge >= 0.3 is 0 Å². The fraction of sp³-hybridized carbons (Fsp3) is 0.429. The summed E-state index contributed by atoms with van der Waals surface area (Å²) in [5.74, 6) is 2.28. The first-order chi connectivity index (χ1) is 15.2. The predicted octanol–water partition coefficient (Wildman–Crippen LogP) is 5.85. The maximum absolute atomic E-state index is 5.23. The molecule has 1 aromatic carbocycles. The van der Waals surface area contributed by atoms with Crippen LogP contribution in [0.1, 0.15) is 49.4 Å². The molecule has 3 aromatic rings. The fourth-order valence-electron chi connectivity index (χ4n) is 7.06. The minimum Gasteiger partial charge on any atom is -0.289 e. The minimum atomic E-state index is 0.139. The van der Waals surface area contributed by atoms with Gasteiger partial charge in [0, 0.05) is 18.4 Å². The molecule has 3 nitrogen and oxygen atoms in total. The standard InChI is InChI=1S/C28H31N3/c1-20-16-22-17-27-24(12-13-26(30-27)25-11-5-6-14-29-25)28(18-20)23(22)10-7-15-31(28)19-21-8-3-2-4-9-21/h2-6,8-9,11-14,20,22-23H,7,10,15-19H2,1H3/t20-,22+,23-,28-/m1/s1. The third-order valence-corrected chi connectivity index (χ3v) is 8.09. The Morgan fingerprint density at radius 3 is 2.71 bits per heavy atom. The van der Waals surface area contributed by atoms with Gasteiger partial charge < -0.3 is 0 Å². The SMILES string of the molecule is C[C@@H]1C[C@H]2Cc3nc(-c4ccccn4)ccc3[C@@]3(C1)[C@@H]2CCCN3Cc1ccccc1. The molecule has 1 aliphatic heterocycles. The quantitative estimate of drug-likeness (QED) is 0.543. The summed E-state index contributed by atoms with van der Waals surface area (Å²) in [5, 5.41) is 0. The van der Waals surface area contributed by atoms with Crippen molar-refractivity contribution < 1.29 is 0 Å². The molecule has 2 fully saturated rings. The first-order valence-corrected chi connectivity index (χ1v) is 11.9.